The minimum atomic E-state index is -3.66. The normalized spacial score (nSPS) is 11.6. The van der Waals surface area contributed by atoms with Crippen LogP contribution in [0.25, 0.3) is 0 Å². The maximum absolute atomic E-state index is 13.0. The summed E-state index contributed by atoms with van der Waals surface area (Å²) in [5, 5.41) is -0.0463. The average Bonchev–Trinajstić information content (AvgIpc) is 2.43. The molecule has 0 fully saturated rings. The van der Waals surface area contributed by atoms with Crippen molar-refractivity contribution in [2.24, 2.45) is 0 Å². The Morgan fingerprint density at radius 2 is 1.95 bits per heavy atom. The van der Waals surface area contributed by atoms with Crippen molar-refractivity contribution >= 4 is 27.3 Å². The first kappa shape index (κ1) is 15.8. The molecule has 2 aromatic carbocycles. The molecular weight excluding hydrogens is 315 g/mol. The maximum atomic E-state index is 13.0. The minimum absolute atomic E-state index is 0.0196. The molecule has 2 rings (SSSR count). The molecule has 0 radical (unpaired) electrons. The van der Waals surface area contributed by atoms with Crippen LogP contribution < -0.4 is 10.5 Å². The summed E-state index contributed by atoms with van der Waals surface area (Å²) in [7, 11) is -3.66. The zero-order valence-corrected chi connectivity index (χ0v) is 12.8. The molecule has 0 spiro atoms. The monoisotopic (exact) mass is 328 g/mol. The lowest BCUT2D eigenvalue weighted by atomic mass is 10.2. The van der Waals surface area contributed by atoms with Gasteiger partial charge in [0.1, 0.15) is 5.82 Å². The summed E-state index contributed by atoms with van der Waals surface area (Å²) < 4.78 is 39.8. The van der Waals surface area contributed by atoms with Crippen molar-refractivity contribution in [2.75, 3.05) is 5.73 Å². The van der Waals surface area contributed by atoms with Crippen LogP contribution in [0.4, 0.5) is 10.1 Å². The van der Waals surface area contributed by atoms with E-state index in [-0.39, 0.29) is 16.5 Å². The highest BCUT2D eigenvalue weighted by Gasteiger charge is 2.14. The van der Waals surface area contributed by atoms with Gasteiger partial charge in [0.2, 0.25) is 10.0 Å². The maximum Gasteiger partial charge on any atom is 0.240 e. The highest BCUT2D eigenvalue weighted by molar-refractivity contribution is 7.89. The quantitative estimate of drug-likeness (QED) is 0.848. The Morgan fingerprint density at radius 3 is 2.57 bits per heavy atom. The van der Waals surface area contributed by atoms with Crippen LogP contribution in [-0.4, -0.2) is 8.42 Å². The summed E-state index contributed by atoms with van der Waals surface area (Å²) in [5.41, 5.74) is 7.44. The van der Waals surface area contributed by atoms with Gasteiger partial charge in [-0.1, -0.05) is 17.7 Å². The molecular formula is C14H14ClFN2O2S. The van der Waals surface area contributed by atoms with E-state index in [1.165, 1.54) is 30.3 Å². The molecule has 2 aromatic rings. The van der Waals surface area contributed by atoms with E-state index in [0.717, 1.165) is 0 Å². The molecule has 0 aliphatic rings. The van der Waals surface area contributed by atoms with Crippen LogP contribution in [0.3, 0.4) is 0 Å². The topological polar surface area (TPSA) is 72.2 Å². The number of nitrogens with two attached hydrogens (primary N) is 1. The third-order valence-corrected chi connectivity index (χ3v) is 4.69. The van der Waals surface area contributed by atoms with E-state index in [1.54, 1.807) is 13.0 Å². The van der Waals surface area contributed by atoms with Gasteiger partial charge in [-0.2, -0.15) is 0 Å². The smallest absolute Gasteiger partial charge is 0.240 e. The first-order valence-electron chi connectivity index (χ1n) is 6.09. The molecule has 0 unspecified atom stereocenters. The Bertz CT molecular complexity index is 779. The number of sulfonamides is 1. The molecule has 0 heterocycles. The Labute approximate surface area is 127 Å². The highest BCUT2D eigenvalue weighted by Crippen LogP contribution is 2.18. The average molecular weight is 329 g/mol. The van der Waals surface area contributed by atoms with E-state index >= 15 is 0 Å². The standard InChI is InChI=1S/C14H14ClFN2O2S/c1-9-6-11(3-5-14(9)17)21(19,20)18-8-10-2-4-13(16)12(15)7-10/h2-7,18H,8,17H2,1H3. The second-order valence-corrected chi connectivity index (χ2v) is 6.77. The number of nitrogens with one attached hydrogen (secondary N) is 1. The molecule has 0 aliphatic heterocycles. The Morgan fingerprint density at radius 1 is 1.24 bits per heavy atom. The second kappa shape index (κ2) is 6.01. The summed E-state index contributed by atoms with van der Waals surface area (Å²) >= 11 is 5.65. The van der Waals surface area contributed by atoms with E-state index in [0.29, 0.717) is 16.8 Å². The van der Waals surface area contributed by atoms with Gasteiger partial charge in [0.15, 0.2) is 0 Å². The fraction of sp³-hybridized carbons (Fsp3) is 0.143. The minimum Gasteiger partial charge on any atom is -0.399 e. The number of halogens is 2. The number of benzene rings is 2. The summed E-state index contributed by atoms with van der Waals surface area (Å²) in [4.78, 5) is 0.127. The fourth-order valence-corrected chi connectivity index (χ4v) is 3.03. The van der Waals surface area contributed by atoms with Gasteiger partial charge in [-0.3, -0.25) is 0 Å². The van der Waals surface area contributed by atoms with Gasteiger partial charge < -0.3 is 5.73 Å². The molecule has 0 aliphatic carbocycles. The molecule has 3 N–H and O–H groups in total. The molecule has 0 atom stereocenters. The lowest BCUT2D eigenvalue weighted by Crippen LogP contribution is -2.23. The SMILES string of the molecule is Cc1cc(S(=O)(=O)NCc2ccc(F)c(Cl)c2)ccc1N. The van der Waals surface area contributed by atoms with Gasteiger partial charge in [-0.15, -0.1) is 0 Å². The number of anilines is 1. The number of rotatable bonds is 4. The van der Waals surface area contributed by atoms with E-state index in [2.05, 4.69) is 4.72 Å². The summed E-state index contributed by atoms with van der Waals surface area (Å²) in [6.45, 7) is 1.75. The predicted molar refractivity (Wildman–Crippen MR) is 81.0 cm³/mol. The van der Waals surface area contributed by atoms with Crippen LogP contribution in [0.5, 0.6) is 0 Å². The van der Waals surface area contributed by atoms with E-state index in [9.17, 15) is 12.8 Å². The first-order chi connectivity index (χ1) is 9.79. The Kier molecular flexibility index (Phi) is 4.51. The van der Waals surface area contributed by atoms with Crippen molar-refractivity contribution < 1.29 is 12.8 Å². The molecule has 4 nitrogen and oxygen atoms in total. The third kappa shape index (κ3) is 3.72. The lowest BCUT2D eigenvalue weighted by Gasteiger charge is -2.09. The summed E-state index contributed by atoms with van der Waals surface area (Å²) in [6, 6.07) is 8.52. The number of aryl methyl sites for hydroxylation is 1. The van der Waals surface area contributed by atoms with Gasteiger partial charge in [0.25, 0.3) is 0 Å². The summed E-state index contributed by atoms with van der Waals surface area (Å²) in [6.07, 6.45) is 0. The van der Waals surface area contributed by atoms with Crippen LogP contribution in [-0.2, 0) is 16.6 Å². The van der Waals surface area contributed by atoms with Crippen molar-refractivity contribution in [2.45, 2.75) is 18.4 Å². The van der Waals surface area contributed by atoms with Gasteiger partial charge in [0.05, 0.1) is 9.92 Å². The molecule has 0 amide bonds. The second-order valence-electron chi connectivity index (χ2n) is 4.59. The van der Waals surface area contributed by atoms with Crippen LogP contribution in [0, 0.1) is 12.7 Å². The molecule has 0 saturated heterocycles. The molecule has 0 bridgehead atoms. The highest BCUT2D eigenvalue weighted by atomic mass is 35.5. The van der Waals surface area contributed by atoms with Crippen LogP contribution in [0.15, 0.2) is 41.3 Å². The van der Waals surface area contributed by atoms with Crippen molar-refractivity contribution in [1.82, 2.24) is 4.72 Å². The van der Waals surface area contributed by atoms with Crippen LogP contribution in [0.1, 0.15) is 11.1 Å². The van der Waals surface area contributed by atoms with Crippen LogP contribution >= 0.6 is 11.6 Å². The zero-order chi connectivity index (χ0) is 15.6. The fourth-order valence-electron chi connectivity index (χ4n) is 1.73. The Hall–Kier alpha value is -1.63. The van der Waals surface area contributed by atoms with Gasteiger partial charge in [-0.25, -0.2) is 17.5 Å². The van der Waals surface area contributed by atoms with Crippen LogP contribution in [0.2, 0.25) is 5.02 Å². The van der Waals surface area contributed by atoms with Crippen molar-refractivity contribution in [3.8, 4) is 0 Å². The van der Waals surface area contributed by atoms with Crippen molar-refractivity contribution in [1.29, 1.82) is 0 Å². The Balaban J connectivity index is 2.17. The molecule has 0 aromatic heterocycles. The van der Waals surface area contributed by atoms with Gasteiger partial charge in [0, 0.05) is 12.2 Å². The summed E-state index contributed by atoms with van der Waals surface area (Å²) in [5.74, 6) is -0.544. The first-order valence-corrected chi connectivity index (χ1v) is 7.95. The van der Waals surface area contributed by atoms with Crippen molar-refractivity contribution in [3.05, 3.63) is 58.4 Å². The molecule has 0 saturated carbocycles. The van der Waals surface area contributed by atoms with Gasteiger partial charge in [-0.05, 0) is 48.4 Å². The number of hydrogen-bond donors (Lipinski definition) is 2. The van der Waals surface area contributed by atoms with E-state index in [4.69, 9.17) is 17.3 Å². The lowest BCUT2D eigenvalue weighted by molar-refractivity contribution is 0.581. The number of hydrogen-bond acceptors (Lipinski definition) is 3. The predicted octanol–water partition coefficient (Wildman–Crippen LogP) is 2.85. The van der Waals surface area contributed by atoms with Gasteiger partial charge >= 0.3 is 0 Å². The largest absolute Gasteiger partial charge is 0.399 e. The zero-order valence-electron chi connectivity index (χ0n) is 11.2. The molecule has 21 heavy (non-hydrogen) atoms. The van der Waals surface area contributed by atoms with Crippen molar-refractivity contribution in [3.63, 3.8) is 0 Å². The van der Waals surface area contributed by atoms with E-state index in [1.807, 2.05) is 0 Å². The van der Waals surface area contributed by atoms with E-state index < -0.39 is 15.8 Å². The molecule has 7 heteroatoms. The third-order valence-electron chi connectivity index (χ3n) is 3.00. The molecule has 112 valence electrons. The number of nitrogen functional groups attached to an aromatic ring is 1.